The lowest BCUT2D eigenvalue weighted by Gasteiger charge is -2.17. The molecule has 0 unspecified atom stereocenters. The lowest BCUT2D eigenvalue weighted by atomic mass is 10.2. The van der Waals surface area contributed by atoms with Gasteiger partial charge in [-0.2, -0.15) is 4.98 Å². The van der Waals surface area contributed by atoms with Crippen molar-refractivity contribution >= 4 is 17.7 Å². The number of hydrogen-bond acceptors (Lipinski definition) is 7. The Labute approximate surface area is 153 Å². The minimum absolute atomic E-state index is 0.223. The van der Waals surface area contributed by atoms with Crippen molar-refractivity contribution in [3.63, 3.8) is 0 Å². The molecule has 26 heavy (non-hydrogen) atoms. The first-order chi connectivity index (χ1) is 12.7. The second-order valence-corrected chi connectivity index (χ2v) is 6.13. The van der Waals surface area contributed by atoms with Gasteiger partial charge in [-0.25, -0.2) is 9.97 Å². The van der Waals surface area contributed by atoms with Crippen LogP contribution in [0.4, 0.5) is 11.8 Å². The van der Waals surface area contributed by atoms with Crippen molar-refractivity contribution in [2.24, 2.45) is 0 Å². The highest BCUT2D eigenvalue weighted by Crippen LogP contribution is 2.19. The fourth-order valence-corrected chi connectivity index (χ4v) is 2.91. The Morgan fingerprint density at radius 3 is 2.85 bits per heavy atom. The first kappa shape index (κ1) is 17.9. The van der Waals surface area contributed by atoms with Crippen molar-refractivity contribution in [1.29, 1.82) is 0 Å². The van der Waals surface area contributed by atoms with E-state index in [1.165, 1.54) is 20.0 Å². The maximum Gasteiger partial charge on any atom is 0.256 e. The van der Waals surface area contributed by atoms with Crippen LogP contribution in [0.1, 0.15) is 28.9 Å². The lowest BCUT2D eigenvalue weighted by molar-refractivity contribution is 0.0951. The summed E-state index contributed by atoms with van der Waals surface area (Å²) in [7, 11) is 1.49. The highest BCUT2D eigenvalue weighted by atomic mass is 16.5. The van der Waals surface area contributed by atoms with Crippen LogP contribution in [0.2, 0.25) is 0 Å². The summed E-state index contributed by atoms with van der Waals surface area (Å²) in [5.41, 5.74) is 1.34. The van der Waals surface area contributed by atoms with Crippen molar-refractivity contribution in [1.82, 2.24) is 20.3 Å². The predicted octanol–water partition coefficient (Wildman–Crippen LogP) is 1.63. The van der Waals surface area contributed by atoms with Crippen LogP contribution in [0.15, 0.2) is 24.4 Å². The molecule has 0 radical (unpaired) electrons. The number of nitrogens with zero attached hydrogens (tertiary/aromatic N) is 4. The highest BCUT2D eigenvalue weighted by molar-refractivity contribution is 5.96. The van der Waals surface area contributed by atoms with Crippen molar-refractivity contribution < 1.29 is 9.53 Å². The fraction of sp³-hybridized carbons (Fsp3) is 0.444. The number of methoxy groups -OCH3 is 1. The van der Waals surface area contributed by atoms with Gasteiger partial charge in [0.15, 0.2) is 0 Å². The third-order valence-electron chi connectivity index (χ3n) is 4.17. The monoisotopic (exact) mass is 356 g/mol. The second kappa shape index (κ2) is 8.46. The number of aromatic nitrogens is 3. The fourth-order valence-electron chi connectivity index (χ4n) is 2.91. The maximum absolute atomic E-state index is 12.2. The summed E-state index contributed by atoms with van der Waals surface area (Å²) in [5, 5.41) is 6.02. The number of hydrogen-bond donors (Lipinski definition) is 2. The number of ether oxygens (including phenoxy) is 1. The number of carbonyl (C=O) groups is 1. The molecule has 8 nitrogen and oxygen atoms in total. The number of amides is 1. The van der Waals surface area contributed by atoms with Gasteiger partial charge in [0.1, 0.15) is 11.4 Å². The lowest BCUT2D eigenvalue weighted by Crippen LogP contribution is -2.29. The van der Waals surface area contributed by atoms with Crippen molar-refractivity contribution in [2.75, 3.05) is 43.5 Å². The zero-order valence-electron chi connectivity index (χ0n) is 15.2. The molecule has 0 bridgehead atoms. The minimum Gasteiger partial charge on any atom is -0.480 e. The standard InChI is InChI=1S/C18H24N6O2/c1-13-12-15(24-10-3-4-11-24)23-18(22-13)21-9-8-19-16(25)14-6-5-7-20-17(14)26-2/h5-7,12H,3-4,8-11H2,1-2H3,(H,19,25)(H,21,22,23). The van der Waals surface area contributed by atoms with E-state index in [0.717, 1.165) is 24.6 Å². The van der Waals surface area contributed by atoms with Gasteiger partial charge in [-0.05, 0) is 31.9 Å². The molecule has 1 aliphatic heterocycles. The molecule has 2 N–H and O–H groups in total. The van der Waals surface area contributed by atoms with Gasteiger partial charge in [0, 0.05) is 44.1 Å². The van der Waals surface area contributed by atoms with Gasteiger partial charge >= 0.3 is 0 Å². The summed E-state index contributed by atoms with van der Waals surface area (Å²) in [6.07, 6.45) is 4.00. The van der Waals surface area contributed by atoms with Crippen LogP contribution < -0.4 is 20.3 Å². The second-order valence-electron chi connectivity index (χ2n) is 6.13. The van der Waals surface area contributed by atoms with Crippen LogP contribution in [0.5, 0.6) is 5.88 Å². The largest absolute Gasteiger partial charge is 0.480 e. The summed E-state index contributed by atoms with van der Waals surface area (Å²) in [6.45, 7) is 5.01. The molecule has 0 aromatic carbocycles. The summed E-state index contributed by atoms with van der Waals surface area (Å²) in [4.78, 5) is 27.5. The summed E-state index contributed by atoms with van der Waals surface area (Å²) in [5.74, 6) is 1.64. The first-order valence-corrected chi connectivity index (χ1v) is 8.79. The molecule has 2 aromatic rings. The molecule has 1 aliphatic rings. The quantitative estimate of drug-likeness (QED) is 0.729. The number of carbonyl (C=O) groups excluding carboxylic acids is 1. The molecule has 138 valence electrons. The van der Waals surface area contributed by atoms with Gasteiger partial charge in [-0.15, -0.1) is 0 Å². The molecule has 0 aliphatic carbocycles. The van der Waals surface area contributed by atoms with E-state index < -0.39 is 0 Å². The maximum atomic E-state index is 12.2. The van der Waals surface area contributed by atoms with Crippen LogP contribution >= 0.6 is 0 Å². The van der Waals surface area contributed by atoms with Crippen LogP contribution in [-0.2, 0) is 0 Å². The van der Waals surface area contributed by atoms with Crippen molar-refractivity contribution in [3.8, 4) is 5.88 Å². The molecule has 3 heterocycles. The summed E-state index contributed by atoms with van der Waals surface area (Å²) in [6, 6.07) is 5.39. The Bertz CT molecular complexity index is 761. The molecule has 1 fully saturated rings. The molecule has 2 aromatic heterocycles. The third kappa shape index (κ3) is 4.38. The van der Waals surface area contributed by atoms with Gasteiger partial charge in [0.25, 0.3) is 5.91 Å². The molecule has 0 spiro atoms. The molecule has 1 amide bonds. The van der Waals surface area contributed by atoms with Crippen molar-refractivity contribution in [3.05, 3.63) is 35.7 Å². The molecule has 3 rings (SSSR count). The Morgan fingerprint density at radius 2 is 2.08 bits per heavy atom. The van der Waals surface area contributed by atoms with Gasteiger partial charge in [-0.3, -0.25) is 4.79 Å². The third-order valence-corrected chi connectivity index (χ3v) is 4.17. The Hall–Kier alpha value is -2.90. The topological polar surface area (TPSA) is 92.3 Å². The van der Waals surface area contributed by atoms with E-state index >= 15 is 0 Å². The van der Waals surface area contributed by atoms with Crippen LogP contribution in [0, 0.1) is 6.92 Å². The van der Waals surface area contributed by atoms with E-state index in [2.05, 4.69) is 30.5 Å². The number of aryl methyl sites for hydroxylation is 1. The Kier molecular flexibility index (Phi) is 5.83. The summed E-state index contributed by atoms with van der Waals surface area (Å²) >= 11 is 0. The normalized spacial score (nSPS) is 13.5. The van der Waals surface area contributed by atoms with Crippen LogP contribution in [0.3, 0.4) is 0 Å². The van der Waals surface area contributed by atoms with Gasteiger partial charge in [-0.1, -0.05) is 0 Å². The number of nitrogens with one attached hydrogen (secondary N) is 2. The number of pyridine rings is 1. The van der Waals surface area contributed by atoms with Gasteiger partial charge in [0.2, 0.25) is 11.8 Å². The zero-order valence-corrected chi connectivity index (χ0v) is 15.2. The average molecular weight is 356 g/mol. The molecule has 0 atom stereocenters. The van der Waals surface area contributed by atoms with Gasteiger partial charge in [0.05, 0.1) is 7.11 Å². The minimum atomic E-state index is -0.223. The van der Waals surface area contributed by atoms with Gasteiger partial charge < -0.3 is 20.3 Å². The molecule has 0 saturated carbocycles. The highest BCUT2D eigenvalue weighted by Gasteiger charge is 2.15. The molecule has 1 saturated heterocycles. The molecule has 8 heteroatoms. The Balaban J connectivity index is 1.52. The van der Waals surface area contributed by atoms with Crippen LogP contribution in [0.25, 0.3) is 0 Å². The van der Waals surface area contributed by atoms with Crippen molar-refractivity contribution in [2.45, 2.75) is 19.8 Å². The summed E-state index contributed by atoms with van der Waals surface area (Å²) < 4.78 is 5.10. The van der Waals surface area contributed by atoms with E-state index in [-0.39, 0.29) is 5.91 Å². The molecular formula is C18H24N6O2. The van der Waals surface area contributed by atoms with E-state index in [9.17, 15) is 4.79 Å². The number of rotatable bonds is 7. The van der Waals surface area contributed by atoms with E-state index in [1.807, 2.05) is 13.0 Å². The average Bonchev–Trinajstić information content (AvgIpc) is 3.19. The Morgan fingerprint density at radius 1 is 1.27 bits per heavy atom. The first-order valence-electron chi connectivity index (χ1n) is 8.79. The zero-order chi connectivity index (χ0) is 18.4. The van der Waals surface area contributed by atoms with E-state index in [4.69, 9.17) is 4.74 Å². The van der Waals surface area contributed by atoms with E-state index in [1.54, 1.807) is 18.3 Å². The molecular weight excluding hydrogens is 332 g/mol. The van der Waals surface area contributed by atoms with E-state index in [0.29, 0.717) is 30.5 Å². The van der Waals surface area contributed by atoms with Crippen LogP contribution in [-0.4, -0.2) is 54.1 Å². The predicted molar refractivity (Wildman–Crippen MR) is 99.8 cm³/mol. The smallest absolute Gasteiger partial charge is 0.256 e. The number of anilines is 2. The SMILES string of the molecule is COc1ncccc1C(=O)NCCNc1nc(C)cc(N2CCCC2)n1.